The molecule has 2 rings (SSSR count). The number of morpholine rings is 1. The van der Waals surface area contributed by atoms with Crippen molar-refractivity contribution < 1.29 is 19.4 Å². The summed E-state index contributed by atoms with van der Waals surface area (Å²) < 4.78 is 10.3. The van der Waals surface area contributed by atoms with Crippen molar-refractivity contribution >= 4 is 11.8 Å². The van der Waals surface area contributed by atoms with E-state index in [9.17, 15) is 9.90 Å². The van der Waals surface area contributed by atoms with Gasteiger partial charge in [-0.15, -0.1) is 0 Å². The number of hydrogen-bond donors (Lipinski definition) is 2. The van der Waals surface area contributed by atoms with E-state index in [0.29, 0.717) is 6.61 Å². The van der Waals surface area contributed by atoms with Gasteiger partial charge in [-0.05, 0) is 24.1 Å². The Labute approximate surface area is 137 Å². The van der Waals surface area contributed by atoms with Gasteiger partial charge in [0.25, 0.3) is 0 Å². The van der Waals surface area contributed by atoms with Gasteiger partial charge >= 0.3 is 6.09 Å². The van der Waals surface area contributed by atoms with Crippen LogP contribution < -0.4 is 10.2 Å². The van der Waals surface area contributed by atoms with E-state index in [-0.39, 0.29) is 6.54 Å². The Balaban J connectivity index is 1.78. The minimum atomic E-state index is -0.743. The molecule has 0 spiro atoms. The van der Waals surface area contributed by atoms with Crippen molar-refractivity contribution in [2.24, 2.45) is 0 Å². The Bertz CT molecular complexity index is 472. The molecule has 6 nitrogen and oxygen atoms in total. The van der Waals surface area contributed by atoms with Crippen LogP contribution in [0, 0.1) is 0 Å². The van der Waals surface area contributed by atoms with Gasteiger partial charge in [0.2, 0.25) is 0 Å². The van der Waals surface area contributed by atoms with Crippen molar-refractivity contribution in [3.63, 3.8) is 0 Å². The van der Waals surface area contributed by atoms with E-state index in [1.165, 1.54) is 0 Å². The van der Waals surface area contributed by atoms with Crippen molar-refractivity contribution in [1.29, 1.82) is 0 Å². The highest BCUT2D eigenvalue weighted by Crippen LogP contribution is 2.20. The van der Waals surface area contributed by atoms with Crippen LogP contribution in [0.3, 0.4) is 0 Å². The number of unbranched alkanes of at least 4 members (excludes halogenated alkanes) is 1. The quantitative estimate of drug-likeness (QED) is 0.752. The van der Waals surface area contributed by atoms with E-state index in [2.05, 4.69) is 10.2 Å². The van der Waals surface area contributed by atoms with Crippen LogP contribution in [-0.4, -0.2) is 50.7 Å². The number of carbonyl (C=O) groups is 1. The van der Waals surface area contributed by atoms with Crippen molar-refractivity contribution in [2.75, 3.05) is 44.4 Å². The molecule has 1 unspecified atom stereocenters. The first-order valence-electron chi connectivity index (χ1n) is 8.22. The van der Waals surface area contributed by atoms with Gasteiger partial charge in [-0.3, -0.25) is 0 Å². The summed E-state index contributed by atoms with van der Waals surface area (Å²) in [4.78, 5) is 13.7. The van der Waals surface area contributed by atoms with Gasteiger partial charge in [-0.25, -0.2) is 4.79 Å². The summed E-state index contributed by atoms with van der Waals surface area (Å²) in [5.74, 6) is 0. The number of nitrogens with one attached hydrogen (secondary N) is 1. The highest BCUT2D eigenvalue weighted by Gasteiger charge is 2.13. The third kappa shape index (κ3) is 5.73. The maximum absolute atomic E-state index is 11.5. The molecule has 23 heavy (non-hydrogen) atoms. The lowest BCUT2D eigenvalue weighted by molar-refractivity contribution is 0.122. The fourth-order valence-electron chi connectivity index (χ4n) is 2.39. The molecule has 128 valence electrons. The number of rotatable bonds is 7. The van der Waals surface area contributed by atoms with Crippen molar-refractivity contribution in [1.82, 2.24) is 5.32 Å². The second-order valence-corrected chi connectivity index (χ2v) is 5.58. The fourth-order valence-corrected chi connectivity index (χ4v) is 2.39. The number of nitrogens with zero attached hydrogens (tertiary/aromatic N) is 1. The first kappa shape index (κ1) is 17.6. The molecule has 2 N–H and O–H groups in total. The third-order valence-electron chi connectivity index (χ3n) is 3.82. The molecule has 1 aliphatic rings. The average Bonchev–Trinajstić information content (AvgIpc) is 2.61. The summed E-state index contributed by atoms with van der Waals surface area (Å²) in [5.41, 5.74) is 1.90. The van der Waals surface area contributed by atoms with Crippen LogP contribution in [-0.2, 0) is 9.47 Å². The Morgan fingerprint density at radius 2 is 2.04 bits per heavy atom. The monoisotopic (exact) mass is 322 g/mol. The van der Waals surface area contributed by atoms with Crippen LogP contribution in [0.1, 0.15) is 31.4 Å². The Morgan fingerprint density at radius 1 is 1.35 bits per heavy atom. The Morgan fingerprint density at radius 3 is 2.70 bits per heavy atom. The molecular formula is C17H26N2O4. The topological polar surface area (TPSA) is 71.0 Å². The molecule has 1 atom stereocenters. The van der Waals surface area contributed by atoms with Crippen LogP contribution in [0.5, 0.6) is 0 Å². The highest BCUT2D eigenvalue weighted by atomic mass is 16.5. The number of benzene rings is 1. The van der Waals surface area contributed by atoms with Crippen LogP contribution in [0.25, 0.3) is 0 Å². The number of aliphatic hydroxyl groups excluding tert-OH is 1. The van der Waals surface area contributed by atoms with Gasteiger partial charge in [0.15, 0.2) is 0 Å². The number of carbonyl (C=O) groups excluding carboxylic acids is 1. The van der Waals surface area contributed by atoms with Gasteiger partial charge in [0.1, 0.15) is 0 Å². The van der Waals surface area contributed by atoms with Crippen LogP contribution in [0.15, 0.2) is 24.3 Å². The largest absolute Gasteiger partial charge is 0.450 e. The smallest absolute Gasteiger partial charge is 0.407 e. The van der Waals surface area contributed by atoms with E-state index < -0.39 is 12.2 Å². The van der Waals surface area contributed by atoms with E-state index in [0.717, 1.165) is 50.4 Å². The maximum Gasteiger partial charge on any atom is 0.407 e. The van der Waals surface area contributed by atoms with Gasteiger partial charge in [-0.2, -0.15) is 0 Å². The van der Waals surface area contributed by atoms with E-state index >= 15 is 0 Å². The number of aliphatic hydroxyl groups is 1. The molecule has 1 saturated heterocycles. The molecule has 1 aromatic rings. The molecule has 6 heteroatoms. The maximum atomic E-state index is 11.5. The second kappa shape index (κ2) is 9.37. The summed E-state index contributed by atoms with van der Waals surface area (Å²) in [7, 11) is 0. The first-order chi connectivity index (χ1) is 11.2. The van der Waals surface area contributed by atoms with Crippen LogP contribution in [0.2, 0.25) is 0 Å². The number of amides is 1. The minimum Gasteiger partial charge on any atom is -0.450 e. The predicted octanol–water partition coefficient (Wildman–Crippen LogP) is 2.08. The average molecular weight is 322 g/mol. The summed E-state index contributed by atoms with van der Waals surface area (Å²) in [5, 5.41) is 12.7. The lowest BCUT2D eigenvalue weighted by atomic mass is 10.1. The second-order valence-electron chi connectivity index (χ2n) is 5.58. The Hall–Kier alpha value is -1.79. The molecule has 1 fully saturated rings. The lowest BCUT2D eigenvalue weighted by Gasteiger charge is -2.29. The highest BCUT2D eigenvalue weighted by molar-refractivity contribution is 5.67. The summed E-state index contributed by atoms with van der Waals surface area (Å²) in [6.07, 6.45) is 0.597. The minimum absolute atomic E-state index is 0.141. The first-order valence-corrected chi connectivity index (χ1v) is 8.22. The fraction of sp³-hybridized carbons (Fsp3) is 0.588. The number of alkyl carbamates (subject to hydrolysis) is 1. The number of hydrogen-bond acceptors (Lipinski definition) is 5. The van der Waals surface area contributed by atoms with Crippen molar-refractivity contribution in [3.05, 3.63) is 29.8 Å². The Kier molecular flexibility index (Phi) is 7.16. The SMILES string of the molecule is CCCCOC(=O)NCC(O)c1ccc(N2CCOCC2)cc1. The zero-order chi connectivity index (χ0) is 16.5. The van der Waals surface area contributed by atoms with Crippen molar-refractivity contribution in [3.8, 4) is 0 Å². The van der Waals surface area contributed by atoms with Crippen molar-refractivity contribution in [2.45, 2.75) is 25.9 Å². The molecule has 1 amide bonds. The molecule has 0 radical (unpaired) electrons. The molecule has 0 bridgehead atoms. The summed E-state index contributed by atoms with van der Waals surface area (Å²) in [6.45, 7) is 5.84. The summed E-state index contributed by atoms with van der Waals surface area (Å²) in [6, 6.07) is 7.76. The molecule has 0 aliphatic carbocycles. The third-order valence-corrected chi connectivity index (χ3v) is 3.82. The van der Waals surface area contributed by atoms with Crippen LogP contribution >= 0.6 is 0 Å². The molecule has 1 aliphatic heterocycles. The van der Waals surface area contributed by atoms with Crippen LogP contribution in [0.4, 0.5) is 10.5 Å². The summed E-state index contributed by atoms with van der Waals surface area (Å²) >= 11 is 0. The van der Waals surface area contributed by atoms with Gasteiger partial charge in [0, 0.05) is 18.8 Å². The zero-order valence-corrected chi connectivity index (χ0v) is 13.7. The standard InChI is InChI=1S/C17H26N2O4/c1-2-3-10-23-17(21)18-13-16(20)14-4-6-15(7-5-14)19-8-11-22-12-9-19/h4-7,16,20H,2-3,8-13H2,1H3,(H,18,21). The van der Waals surface area contributed by atoms with E-state index in [1.807, 2.05) is 31.2 Å². The van der Waals surface area contributed by atoms with Gasteiger partial charge in [-0.1, -0.05) is 25.5 Å². The number of anilines is 1. The lowest BCUT2D eigenvalue weighted by Crippen LogP contribution is -2.36. The normalized spacial score (nSPS) is 16.0. The zero-order valence-electron chi connectivity index (χ0n) is 13.7. The van der Waals surface area contributed by atoms with E-state index in [1.54, 1.807) is 0 Å². The molecule has 1 heterocycles. The number of ether oxygens (including phenoxy) is 2. The molecule has 0 saturated carbocycles. The predicted molar refractivity (Wildman–Crippen MR) is 88.7 cm³/mol. The van der Waals surface area contributed by atoms with Gasteiger partial charge in [0.05, 0.1) is 32.5 Å². The van der Waals surface area contributed by atoms with Gasteiger partial charge < -0.3 is 24.8 Å². The van der Waals surface area contributed by atoms with E-state index in [4.69, 9.17) is 9.47 Å². The molecule has 1 aromatic carbocycles. The molecular weight excluding hydrogens is 296 g/mol. The molecule has 0 aromatic heterocycles.